The van der Waals surface area contributed by atoms with Crippen LogP contribution < -0.4 is 5.32 Å². The van der Waals surface area contributed by atoms with Crippen molar-refractivity contribution in [3.05, 3.63) is 58.8 Å². The molecule has 0 atom stereocenters. The Balaban J connectivity index is 2.03. The molecule has 0 bridgehead atoms. The van der Waals surface area contributed by atoms with E-state index in [1.54, 1.807) is 0 Å². The molecule has 0 fully saturated rings. The highest BCUT2D eigenvalue weighted by Crippen LogP contribution is 2.26. The second kappa shape index (κ2) is 5.87. The molecule has 2 aromatic rings. The largest absolute Gasteiger partial charge is 0.355 e. The maximum atomic E-state index is 4.11. The summed E-state index contributed by atoms with van der Waals surface area (Å²) in [5.41, 5.74) is 2.06. The molecule has 0 aliphatic heterocycles. The molecule has 0 unspecified atom stereocenters. The first kappa shape index (κ1) is 12.9. The van der Waals surface area contributed by atoms with Gasteiger partial charge in [-0.1, -0.05) is 38.6 Å². The molecule has 1 aromatic carbocycles. The van der Waals surface area contributed by atoms with Crippen LogP contribution in [0.5, 0.6) is 0 Å². The third kappa shape index (κ3) is 3.47. The zero-order chi connectivity index (χ0) is 13.0. The smallest absolute Gasteiger partial charge is 0.0502 e. The highest BCUT2D eigenvalue weighted by Gasteiger charge is 2.05. The van der Waals surface area contributed by atoms with E-state index in [1.807, 2.05) is 41.7 Å². The van der Waals surface area contributed by atoms with Crippen molar-refractivity contribution in [2.45, 2.75) is 20.3 Å². The average molecular weight is 257 g/mol. The van der Waals surface area contributed by atoms with Crippen molar-refractivity contribution in [2.75, 3.05) is 5.32 Å². The number of para-hydroxylation sites is 1. The molecule has 2 heteroatoms. The van der Waals surface area contributed by atoms with Crippen molar-refractivity contribution in [3.63, 3.8) is 0 Å². The minimum absolute atomic E-state index is 0.701. The van der Waals surface area contributed by atoms with Gasteiger partial charge in [0.15, 0.2) is 0 Å². The van der Waals surface area contributed by atoms with E-state index in [0.29, 0.717) is 5.92 Å². The number of benzene rings is 1. The molecule has 1 nitrogen and oxygen atoms in total. The quantitative estimate of drug-likeness (QED) is 0.792. The zero-order valence-electron chi connectivity index (χ0n) is 10.9. The van der Waals surface area contributed by atoms with Gasteiger partial charge in [0.2, 0.25) is 0 Å². The average Bonchev–Trinajstić information content (AvgIpc) is 2.78. The molecule has 1 heterocycles. The summed E-state index contributed by atoms with van der Waals surface area (Å²) in [6.45, 7) is 8.60. The molecule has 2 rings (SSSR count). The lowest BCUT2D eigenvalue weighted by atomic mass is 10.1. The van der Waals surface area contributed by atoms with Gasteiger partial charge in [0.1, 0.15) is 0 Å². The van der Waals surface area contributed by atoms with E-state index in [4.69, 9.17) is 0 Å². The summed E-state index contributed by atoms with van der Waals surface area (Å²) in [6, 6.07) is 14.5. The highest BCUT2D eigenvalue weighted by molar-refractivity contribution is 7.13. The van der Waals surface area contributed by atoms with Crippen LogP contribution in [-0.2, 0) is 6.42 Å². The normalized spacial score (nSPS) is 10.6. The van der Waals surface area contributed by atoms with Crippen molar-refractivity contribution in [2.24, 2.45) is 5.92 Å². The Kier molecular flexibility index (Phi) is 4.21. The summed E-state index contributed by atoms with van der Waals surface area (Å²) in [6.07, 6.45) is 1.14. The molecule has 18 heavy (non-hydrogen) atoms. The van der Waals surface area contributed by atoms with Crippen LogP contribution in [0.2, 0.25) is 0 Å². The summed E-state index contributed by atoms with van der Waals surface area (Å²) in [5.74, 6) is 0.701. The Labute approximate surface area is 113 Å². The van der Waals surface area contributed by atoms with Gasteiger partial charge in [0.05, 0.1) is 4.88 Å². The standard InChI is InChI=1S/C16H19NS/c1-12(2)11-15-9-10-16(18-15)13(3)17-14-7-5-4-6-8-14/h4-10,12,17H,3,11H2,1-2H3. The van der Waals surface area contributed by atoms with Gasteiger partial charge < -0.3 is 5.32 Å². The summed E-state index contributed by atoms with van der Waals surface area (Å²) in [5, 5.41) is 3.34. The van der Waals surface area contributed by atoms with Crippen molar-refractivity contribution >= 4 is 22.7 Å². The molecule has 0 saturated heterocycles. The first-order valence-electron chi connectivity index (χ1n) is 6.25. The van der Waals surface area contributed by atoms with Crippen molar-refractivity contribution < 1.29 is 0 Å². The fraction of sp³-hybridized carbons (Fsp3) is 0.250. The van der Waals surface area contributed by atoms with Gasteiger partial charge in [-0.05, 0) is 36.6 Å². The van der Waals surface area contributed by atoms with Gasteiger partial charge in [0.25, 0.3) is 0 Å². The maximum absolute atomic E-state index is 4.11. The maximum Gasteiger partial charge on any atom is 0.0502 e. The minimum atomic E-state index is 0.701. The Bertz CT molecular complexity index is 511. The van der Waals surface area contributed by atoms with E-state index in [0.717, 1.165) is 17.8 Å². The van der Waals surface area contributed by atoms with Crippen LogP contribution in [-0.4, -0.2) is 0 Å². The molecule has 94 valence electrons. The number of nitrogens with one attached hydrogen (secondary N) is 1. The van der Waals surface area contributed by atoms with E-state index < -0.39 is 0 Å². The number of hydrogen-bond acceptors (Lipinski definition) is 2. The Hall–Kier alpha value is -1.54. The summed E-state index contributed by atoms with van der Waals surface area (Å²) in [7, 11) is 0. The first-order valence-corrected chi connectivity index (χ1v) is 7.07. The predicted molar refractivity (Wildman–Crippen MR) is 82.0 cm³/mol. The highest BCUT2D eigenvalue weighted by atomic mass is 32.1. The molecule has 0 spiro atoms. The molecule has 0 amide bonds. The fourth-order valence-electron chi connectivity index (χ4n) is 1.81. The van der Waals surface area contributed by atoms with Crippen LogP contribution in [0.15, 0.2) is 49.0 Å². The van der Waals surface area contributed by atoms with E-state index in [1.165, 1.54) is 9.75 Å². The van der Waals surface area contributed by atoms with E-state index in [-0.39, 0.29) is 0 Å². The second-order valence-electron chi connectivity index (χ2n) is 4.83. The number of hydrogen-bond donors (Lipinski definition) is 1. The molecule has 0 saturated carbocycles. The fourth-order valence-corrected chi connectivity index (χ4v) is 2.96. The van der Waals surface area contributed by atoms with Crippen LogP contribution in [0.4, 0.5) is 5.69 Å². The van der Waals surface area contributed by atoms with Crippen molar-refractivity contribution in [1.29, 1.82) is 0 Å². The van der Waals surface area contributed by atoms with Gasteiger partial charge in [-0.25, -0.2) is 0 Å². The minimum Gasteiger partial charge on any atom is -0.355 e. The lowest BCUT2D eigenvalue weighted by molar-refractivity contribution is 0.654. The first-order chi connectivity index (χ1) is 8.65. The molecular formula is C16H19NS. The van der Waals surface area contributed by atoms with E-state index >= 15 is 0 Å². The Morgan fingerprint density at radius 1 is 1.17 bits per heavy atom. The molecule has 1 aromatic heterocycles. The Morgan fingerprint density at radius 2 is 1.89 bits per heavy atom. The number of anilines is 1. The monoisotopic (exact) mass is 257 g/mol. The molecule has 0 aliphatic rings. The topological polar surface area (TPSA) is 12.0 Å². The van der Waals surface area contributed by atoms with Crippen LogP contribution in [0.25, 0.3) is 5.70 Å². The van der Waals surface area contributed by atoms with E-state index in [9.17, 15) is 0 Å². The van der Waals surface area contributed by atoms with Crippen molar-refractivity contribution in [3.8, 4) is 0 Å². The van der Waals surface area contributed by atoms with Gasteiger partial charge >= 0.3 is 0 Å². The van der Waals surface area contributed by atoms with Gasteiger partial charge in [0, 0.05) is 16.3 Å². The predicted octanol–water partition coefficient (Wildman–Crippen LogP) is 5.03. The molecule has 0 aliphatic carbocycles. The SMILES string of the molecule is C=C(Nc1ccccc1)c1ccc(CC(C)C)s1. The van der Waals surface area contributed by atoms with Crippen LogP contribution in [0.3, 0.4) is 0 Å². The third-order valence-corrected chi connectivity index (χ3v) is 3.80. The number of rotatable bonds is 5. The molecular weight excluding hydrogens is 238 g/mol. The van der Waals surface area contributed by atoms with Gasteiger partial charge in [-0.2, -0.15) is 0 Å². The third-order valence-electron chi connectivity index (χ3n) is 2.64. The zero-order valence-corrected chi connectivity index (χ0v) is 11.8. The Morgan fingerprint density at radius 3 is 2.56 bits per heavy atom. The van der Waals surface area contributed by atoms with Crippen LogP contribution in [0, 0.1) is 5.92 Å². The lowest BCUT2D eigenvalue weighted by Crippen LogP contribution is -1.94. The molecule has 0 radical (unpaired) electrons. The van der Waals surface area contributed by atoms with Crippen LogP contribution in [0.1, 0.15) is 23.6 Å². The lowest BCUT2D eigenvalue weighted by Gasteiger charge is -2.07. The second-order valence-corrected chi connectivity index (χ2v) is 6.00. The van der Waals surface area contributed by atoms with E-state index in [2.05, 4.69) is 37.9 Å². The van der Waals surface area contributed by atoms with Gasteiger partial charge in [-0.15, -0.1) is 11.3 Å². The van der Waals surface area contributed by atoms with Gasteiger partial charge in [-0.3, -0.25) is 0 Å². The van der Waals surface area contributed by atoms with Crippen LogP contribution >= 0.6 is 11.3 Å². The summed E-state index contributed by atoms with van der Waals surface area (Å²) >= 11 is 1.83. The number of thiophene rings is 1. The van der Waals surface area contributed by atoms with Crippen molar-refractivity contribution in [1.82, 2.24) is 0 Å². The summed E-state index contributed by atoms with van der Waals surface area (Å²) < 4.78 is 0. The summed E-state index contributed by atoms with van der Waals surface area (Å²) in [4.78, 5) is 2.64. The molecule has 1 N–H and O–H groups in total.